The van der Waals surface area contributed by atoms with Gasteiger partial charge in [0.2, 0.25) is 0 Å². The molecule has 0 spiro atoms. The summed E-state index contributed by atoms with van der Waals surface area (Å²) in [4.78, 5) is 18.1. The number of nitrogens with one attached hydrogen (secondary N) is 1. The van der Waals surface area contributed by atoms with E-state index in [0.29, 0.717) is 10.7 Å². The molecule has 0 aliphatic heterocycles. The van der Waals surface area contributed by atoms with Crippen LogP contribution in [0, 0.1) is 6.92 Å². The first-order valence-corrected chi connectivity index (χ1v) is 4.06. The lowest BCUT2D eigenvalue weighted by molar-refractivity contribution is 0.967. The molecule has 0 aliphatic carbocycles. The first kappa shape index (κ1) is 7.34. The number of thioether (sulfide) groups is 1. The quantitative estimate of drug-likeness (QED) is 0.612. The van der Waals surface area contributed by atoms with E-state index in [1.54, 1.807) is 13.1 Å². The Morgan fingerprint density at radius 3 is 2.90 bits per heavy atom. The van der Waals surface area contributed by atoms with E-state index in [0.717, 1.165) is 0 Å². The zero-order valence-corrected chi connectivity index (χ0v) is 6.66. The fourth-order valence-corrected chi connectivity index (χ4v) is 1.01. The number of aromatic nitrogens is 2. The van der Waals surface area contributed by atoms with E-state index in [1.165, 1.54) is 11.8 Å². The van der Waals surface area contributed by atoms with E-state index in [4.69, 9.17) is 0 Å². The van der Waals surface area contributed by atoms with Crippen molar-refractivity contribution in [2.75, 3.05) is 6.26 Å². The molecule has 0 aromatic carbocycles. The average Bonchev–Trinajstić information content (AvgIpc) is 1.88. The molecular weight excluding hydrogens is 148 g/mol. The van der Waals surface area contributed by atoms with Gasteiger partial charge in [-0.1, -0.05) is 0 Å². The third kappa shape index (κ3) is 1.39. The fourth-order valence-electron chi connectivity index (χ4n) is 0.618. The van der Waals surface area contributed by atoms with E-state index in [1.807, 2.05) is 6.26 Å². The topological polar surface area (TPSA) is 45.8 Å². The Morgan fingerprint density at radius 2 is 2.40 bits per heavy atom. The summed E-state index contributed by atoms with van der Waals surface area (Å²) in [6.45, 7) is 1.76. The lowest BCUT2D eigenvalue weighted by Gasteiger charge is -1.93. The number of nitrogens with zero attached hydrogens (tertiary/aromatic N) is 1. The molecule has 10 heavy (non-hydrogen) atoms. The average molecular weight is 156 g/mol. The van der Waals surface area contributed by atoms with Gasteiger partial charge >= 0.3 is 0 Å². The summed E-state index contributed by atoms with van der Waals surface area (Å²) in [5.74, 6) is 0.655. The van der Waals surface area contributed by atoms with Gasteiger partial charge in [-0.25, -0.2) is 4.98 Å². The molecule has 1 aromatic heterocycles. The largest absolute Gasteiger partial charge is 0.310 e. The molecule has 3 nitrogen and oxygen atoms in total. The summed E-state index contributed by atoms with van der Waals surface area (Å²) >= 11 is 1.40. The van der Waals surface area contributed by atoms with Crippen LogP contribution >= 0.6 is 11.8 Å². The third-order valence-corrected chi connectivity index (χ3v) is 1.84. The summed E-state index contributed by atoms with van der Waals surface area (Å²) in [6, 6.07) is 0. The molecule has 0 unspecified atom stereocenters. The minimum atomic E-state index is -0.0556. The van der Waals surface area contributed by atoms with Gasteiger partial charge in [-0.3, -0.25) is 4.79 Å². The van der Waals surface area contributed by atoms with Gasteiger partial charge in [-0.2, -0.15) is 0 Å². The number of H-pyrrole nitrogens is 1. The van der Waals surface area contributed by atoms with Crippen LogP contribution in [0.5, 0.6) is 0 Å². The van der Waals surface area contributed by atoms with Gasteiger partial charge in [-0.05, 0) is 13.2 Å². The molecule has 1 N–H and O–H groups in total. The summed E-state index contributed by atoms with van der Waals surface area (Å²) in [7, 11) is 0. The Kier molecular flexibility index (Phi) is 2.11. The Morgan fingerprint density at radius 1 is 1.70 bits per heavy atom. The maximum absolute atomic E-state index is 11.0. The molecule has 54 valence electrons. The van der Waals surface area contributed by atoms with Crippen LogP contribution in [0.4, 0.5) is 0 Å². The fraction of sp³-hybridized carbons (Fsp3) is 0.333. The Bertz CT molecular complexity index is 281. The number of aryl methyl sites for hydroxylation is 1. The Balaban J connectivity index is 3.20. The molecule has 0 aliphatic rings. The first-order chi connectivity index (χ1) is 4.74. The maximum atomic E-state index is 11.0. The van der Waals surface area contributed by atoms with Crippen LogP contribution in [0.25, 0.3) is 0 Å². The molecule has 0 fully saturated rings. The van der Waals surface area contributed by atoms with Gasteiger partial charge in [0.15, 0.2) is 0 Å². The van der Waals surface area contributed by atoms with Crippen molar-refractivity contribution in [1.29, 1.82) is 0 Å². The van der Waals surface area contributed by atoms with Crippen LogP contribution in [0.2, 0.25) is 0 Å². The van der Waals surface area contributed by atoms with E-state index < -0.39 is 0 Å². The third-order valence-electron chi connectivity index (χ3n) is 1.11. The molecule has 4 heteroatoms. The van der Waals surface area contributed by atoms with E-state index >= 15 is 0 Å². The minimum Gasteiger partial charge on any atom is -0.310 e. The molecule has 0 amide bonds. The standard InChI is InChI=1S/C6H8N2OS/c1-4-7-3-5(10-2)6(9)8-4/h3H,1-2H3,(H,7,8,9). The van der Waals surface area contributed by atoms with Gasteiger partial charge < -0.3 is 4.98 Å². The van der Waals surface area contributed by atoms with Crippen LogP contribution in [0.15, 0.2) is 15.9 Å². The Labute approximate surface area is 62.9 Å². The molecule has 0 atom stereocenters. The molecule has 0 radical (unpaired) electrons. The molecule has 0 saturated heterocycles. The number of hydrogen-bond donors (Lipinski definition) is 1. The van der Waals surface area contributed by atoms with E-state index in [9.17, 15) is 4.79 Å². The molecule has 0 bridgehead atoms. The summed E-state index contributed by atoms with van der Waals surface area (Å²) < 4.78 is 0. The predicted octanol–water partition coefficient (Wildman–Crippen LogP) is 0.800. The number of hydrogen-bond acceptors (Lipinski definition) is 3. The van der Waals surface area contributed by atoms with Gasteiger partial charge in [0.05, 0.1) is 4.90 Å². The van der Waals surface area contributed by atoms with Crippen molar-refractivity contribution in [2.24, 2.45) is 0 Å². The van der Waals surface area contributed by atoms with Crippen molar-refractivity contribution in [3.05, 3.63) is 22.4 Å². The molecule has 1 aromatic rings. The van der Waals surface area contributed by atoms with Crippen molar-refractivity contribution >= 4 is 11.8 Å². The SMILES string of the molecule is CSc1cnc(C)[nH]c1=O. The Hall–Kier alpha value is -0.770. The van der Waals surface area contributed by atoms with Gasteiger partial charge in [0, 0.05) is 6.20 Å². The van der Waals surface area contributed by atoms with Crippen molar-refractivity contribution in [3.8, 4) is 0 Å². The van der Waals surface area contributed by atoms with Crippen molar-refractivity contribution in [2.45, 2.75) is 11.8 Å². The number of aromatic amines is 1. The normalized spacial score (nSPS) is 9.80. The van der Waals surface area contributed by atoms with Crippen molar-refractivity contribution in [3.63, 3.8) is 0 Å². The summed E-state index contributed by atoms with van der Waals surface area (Å²) in [5, 5.41) is 0. The highest BCUT2D eigenvalue weighted by Crippen LogP contribution is 2.04. The zero-order valence-electron chi connectivity index (χ0n) is 5.84. The molecular formula is C6H8N2OS. The lowest BCUT2D eigenvalue weighted by Crippen LogP contribution is -2.10. The second-order valence-corrected chi connectivity index (χ2v) is 2.71. The lowest BCUT2D eigenvalue weighted by atomic mass is 10.6. The minimum absolute atomic E-state index is 0.0556. The smallest absolute Gasteiger partial charge is 0.264 e. The van der Waals surface area contributed by atoms with E-state index in [-0.39, 0.29) is 5.56 Å². The first-order valence-electron chi connectivity index (χ1n) is 2.84. The zero-order chi connectivity index (χ0) is 7.56. The highest BCUT2D eigenvalue weighted by molar-refractivity contribution is 7.98. The monoisotopic (exact) mass is 156 g/mol. The van der Waals surface area contributed by atoms with Crippen LogP contribution in [-0.2, 0) is 0 Å². The maximum Gasteiger partial charge on any atom is 0.264 e. The molecule has 1 rings (SSSR count). The van der Waals surface area contributed by atoms with Crippen molar-refractivity contribution in [1.82, 2.24) is 9.97 Å². The van der Waals surface area contributed by atoms with Gasteiger partial charge in [-0.15, -0.1) is 11.8 Å². The summed E-state index contributed by atoms with van der Waals surface area (Å²) in [6.07, 6.45) is 3.43. The van der Waals surface area contributed by atoms with Gasteiger partial charge in [0.25, 0.3) is 5.56 Å². The van der Waals surface area contributed by atoms with Crippen LogP contribution in [0.3, 0.4) is 0 Å². The second kappa shape index (κ2) is 2.88. The summed E-state index contributed by atoms with van der Waals surface area (Å²) in [5.41, 5.74) is -0.0556. The molecule has 1 heterocycles. The highest BCUT2D eigenvalue weighted by Gasteiger charge is 1.95. The second-order valence-electron chi connectivity index (χ2n) is 1.87. The number of rotatable bonds is 1. The van der Waals surface area contributed by atoms with E-state index in [2.05, 4.69) is 9.97 Å². The van der Waals surface area contributed by atoms with Crippen LogP contribution in [-0.4, -0.2) is 16.2 Å². The molecule has 0 saturated carbocycles. The van der Waals surface area contributed by atoms with Crippen LogP contribution in [0.1, 0.15) is 5.82 Å². The highest BCUT2D eigenvalue weighted by atomic mass is 32.2. The predicted molar refractivity (Wildman–Crippen MR) is 41.4 cm³/mol. The van der Waals surface area contributed by atoms with Crippen molar-refractivity contribution < 1.29 is 0 Å². The van der Waals surface area contributed by atoms with Crippen LogP contribution < -0.4 is 5.56 Å². The van der Waals surface area contributed by atoms with Gasteiger partial charge in [0.1, 0.15) is 5.82 Å².